The molecule has 2 atom stereocenters. The first kappa shape index (κ1) is 10.4. The molecule has 0 aromatic heterocycles. The van der Waals surface area contributed by atoms with Gasteiger partial charge in [0.1, 0.15) is 0 Å². The molecular weight excluding hydrogens is 176 g/mol. The summed E-state index contributed by atoms with van der Waals surface area (Å²) >= 11 is 0. The largest absolute Gasteiger partial charge is 0.384 e. The lowest BCUT2D eigenvalue weighted by Crippen LogP contribution is -2.50. The normalized spacial score (nSPS) is 43.1. The van der Waals surface area contributed by atoms with Gasteiger partial charge in [-0.05, 0) is 32.7 Å². The number of rotatable bonds is 3. The first-order valence-electron chi connectivity index (χ1n) is 5.62. The fourth-order valence-electron chi connectivity index (χ4n) is 3.31. The summed E-state index contributed by atoms with van der Waals surface area (Å²) in [6, 6.07) is 1.51. The van der Waals surface area contributed by atoms with Crippen LogP contribution in [0.25, 0.3) is 0 Å². The van der Waals surface area contributed by atoms with Gasteiger partial charge >= 0.3 is 0 Å². The molecule has 0 saturated carbocycles. The number of nitrogens with two attached hydrogens (primary N) is 1. The number of hydrogen-bond donors (Lipinski definition) is 1. The zero-order valence-corrected chi connectivity index (χ0v) is 9.33. The number of methoxy groups -OCH3 is 1. The third-order valence-corrected chi connectivity index (χ3v) is 4.21. The van der Waals surface area contributed by atoms with Crippen molar-refractivity contribution >= 4 is 0 Å². The second kappa shape index (κ2) is 3.80. The minimum absolute atomic E-state index is 0.271. The Hall–Kier alpha value is -0.120. The summed E-state index contributed by atoms with van der Waals surface area (Å²) in [5, 5.41) is 0. The number of piperidine rings is 1. The van der Waals surface area contributed by atoms with Gasteiger partial charge < -0.3 is 15.4 Å². The summed E-state index contributed by atoms with van der Waals surface area (Å²) in [6.07, 6.45) is 5.16. The molecule has 0 amide bonds. The predicted molar refractivity (Wildman–Crippen MR) is 57.2 cm³/mol. The van der Waals surface area contributed by atoms with Crippen LogP contribution in [0.1, 0.15) is 25.7 Å². The molecule has 0 aromatic rings. The van der Waals surface area contributed by atoms with Crippen LogP contribution in [0, 0.1) is 5.41 Å². The lowest BCUT2D eigenvalue weighted by atomic mass is 9.75. The smallest absolute Gasteiger partial charge is 0.0531 e. The molecule has 0 radical (unpaired) electrons. The molecule has 82 valence electrons. The van der Waals surface area contributed by atoms with Crippen molar-refractivity contribution in [1.82, 2.24) is 4.90 Å². The molecule has 0 aliphatic carbocycles. The van der Waals surface area contributed by atoms with E-state index in [1.807, 2.05) is 0 Å². The maximum Gasteiger partial charge on any atom is 0.0531 e. The summed E-state index contributed by atoms with van der Waals surface area (Å²) in [5.41, 5.74) is 6.19. The van der Waals surface area contributed by atoms with Crippen LogP contribution < -0.4 is 5.73 Å². The van der Waals surface area contributed by atoms with Crippen LogP contribution in [0.5, 0.6) is 0 Å². The van der Waals surface area contributed by atoms with Crippen molar-refractivity contribution in [2.45, 2.75) is 37.8 Å². The fourth-order valence-corrected chi connectivity index (χ4v) is 3.31. The summed E-state index contributed by atoms with van der Waals surface area (Å²) in [5.74, 6) is 0. The van der Waals surface area contributed by atoms with Crippen molar-refractivity contribution in [3.8, 4) is 0 Å². The number of nitrogens with zero attached hydrogens (tertiary/aromatic N) is 1. The van der Waals surface area contributed by atoms with E-state index in [2.05, 4.69) is 11.9 Å². The van der Waals surface area contributed by atoms with Gasteiger partial charge in [0.2, 0.25) is 0 Å². The third kappa shape index (κ3) is 1.58. The maximum atomic E-state index is 5.92. The Bertz CT molecular complexity index is 193. The average molecular weight is 198 g/mol. The van der Waals surface area contributed by atoms with Crippen molar-refractivity contribution in [1.29, 1.82) is 0 Å². The van der Waals surface area contributed by atoms with E-state index in [-0.39, 0.29) is 5.41 Å². The van der Waals surface area contributed by atoms with Gasteiger partial charge in [0.15, 0.2) is 0 Å². The summed E-state index contributed by atoms with van der Waals surface area (Å²) in [4.78, 5) is 2.55. The molecule has 14 heavy (non-hydrogen) atoms. The quantitative estimate of drug-likeness (QED) is 0.730. The van der Waals surface area contributed by atoms with E-state index in [4.69, 9.17) is 10.5 Å². The monoisotopic (exact) mass is 198 g/mol. The van der Waals surface area contributed by atoms with Crippen molar-refractivity contribution in [2.75, 3.05) is 27.3 Å². The molecule has 0 spiro atoms. The molecule has 2 bridgehead atoms. The van der Waals surface area contributed by atoms with Gasteiger partial charge in [0.25, 0.3) is 0 Å². The van der Waals surface area contributed by atoms with Crippen molar-refractivity contribution in [2.24, 2.45) is 11.1 Å². The maximum absolute atomic E-state index is 5.92. The van der Waals surface area contributed by atoms with Gasteiger partial charge in [-0.3, -0.25) is 0 Å². The van der Waals surface area contributed by atoms with E-state index in [1.54, 1.807) is 7.11 Å². The molecule has 2 saturated heterocycles. The molecule has 2 unspecified atom stereocenters. The molecule has 2 fully saturated rings. The second-order valence-corrected chi connectivity index (χ2v) is 5.10. The van der Waals surface area contributed by atoms with E-state index < -0.39 is 0 Å². The Morgan fingerprint density at radius 2 is 1.93 bits per heavy atom. The highest BCUT2D eigenvalue weighted by Gasteiger charge is 2.46. The highest BCUT2D eigenvalue weighted by molar-refractivity contribution is 5.00. The average Bonchev–Trinajstić information content (AvgIpc) is 2.42. The van der Waals surface area contributed by atoms with E-state index in [1.165, 1.54) is 25.7 Å². The molecule has 0 aromatic carbocycles. The van der Waals surface area contributed by atoms with Crippen molar-refractivity contribution in [3.05, 3.63) is 0 Å². The van der Waals surface area contributed by atoms with E-state index in [9.17, 15) is 0 Å². The lowest BCUT2D eigenvalue weighted by Gasteiger charge is -2.44. The Morgan fingerprint density at radius 1 is 1.36 bits per heavy atom. The molecule has 2 rings (SSSR count). The van der Waals surface area contributed by atoms with Crippen molar-refractivity contribution in [3.63, 3.8) is 0 Å². The van der Waals surface area contributed by atoms with E-state index in [0.29, 0.717) is 0 Å². The summed E-state index contributed by atoms with van der Waals surface area (Å²) in [6.45, 7) is 1.62. The summed E-state index contributed by atoms with van der Waals surface area (Å²) in [7, 11) is 4.05. The van der Waals surface area contributed by atoms with Gasteiger partial charge in [-0.15, -0.1) is 0 Å². The van der Waals surface area contributed by atoms with Crippen LogP contribution in [0.4, 0.5) is 0 Å². The standard InChI is InChI=1S/C11H22N2O/c1-13-9-3-4-10(13)6-11(5-9,7-12)8-14-2/h9-10H,3-8,12H2,1-2H3. The van der Waals surface area contributed by atoms with Gasteiger partial charge in [-0.1, -0.05) is 0 Å². The molecule has 2 N–H and O–H groups in total. The zero-order valence-electron chi connectivity index (χ0n) is 9.33. The first-order valence-corrected chi connectivity index (χ1v) is 5.62. The Morgan fingerprint density at radius 3 is 2.36 bits per heavy atom. The highest BCUT2D eigenvalue weighted by Crippen LogP contribution is 2.44. The SMILES string of the molecule is COCC1(CN)CC2CCC(C1)N2C. The molecule has 3 nitrogen and oxygen atoms in total. The second-order valence-electron chi connectivity index (χ2n) is 5.10. The van der Waals surface area contributed by atoms with Crippen LogP contribution in [0.2, 0.25) is 0 Å². The Kier molecular flexibility index (Phi) is 2.82. The minimum Gasteiger partial charge on any atom is -0.384 e. The fraction of sp³-hybridized carbons (Fsp3) is 1.00. The van der Waals surface area contributed by atoms with Gasteiger partial charge in [0.05, 0.1) is 6.61 Å². The minimum atomic E-state index is 0.271. The third-order valence-electron chi connectivity index (χ3n) is 4.21. The van der Waals surface area contributed by atoms with Crippen LogP contribution in [-0.4, -0.2) is 44.3 Å². The van der Waals surface area contributed by atoms with Crippen LogP contribution in [0.15, 0.2) is 0 Å². The topological polar surface area (TPSA) is 38.5 Å². The predicted octanol–water partition coefficient (Wildman–Crippen LogP) is 0.835. The molecule has 2 aliphatic rings. The molecule has 2 aliphatic heterocycles. The number of fused-ring (bicyclic) bond motifs is 2. The molecule has 3 heteroatoms. The highest BCUT2D eigenvalue weighted by atomic mass is 16.5. The zero-order chi connectivity index (χ0) is 10.2. The number of ether oxygens (including phenoxy) is 1. The first-order chi connectivity index (χ1) is 6.71. The van der Waals surface area contributed by atoms with Gasteiger partial charge in [0, 0.05) is 31.2 Å². The van der Waals surface area contributed by atoms with Crippen LogP contribution >= 0.6 is 0 Å². The van der Waals surface area contributed by atoms with Crippen LogP contribution in [0.3, 0.4) is 0 Å². The van der Waals surface area contributed by atoms with Crippen molar-refractivity contribution < 1.29 is 4.74 Å². The van der Waals surface area contributed by atoms with E-state index in [0.717, 1.165) is 25.2 Å². The van der Waals surface area contributed by atoms with Gasteiger partial charge in [-0.2, -0.15) is 0 Å². The van der Waals surface area contributed by atoms with E-state index >= 15 is 0 Å². The Balaban J connectivity index is 2.09. The number of hydrogen-bond acceptors (Lipinski definition) is 3. The summed E-state index contributed by atoms with van der Waals surface area (Å²) < 4.78 is 5.34. The lowest BCUT2D eigenvalue weighted by molar-refractivity contribution is 0.00273. The molecule has 2 heterocycles. The van der Waals surface area contributed by atoms with Crippen LogP contribution in [-0.2, 0) is 4.74 Å². The van der Waals surface area contributed by atoms with Gasteiger partial charge in [-0.25, -0.2) is 0 Å². The Labute approximate surface area is 86.6 Å². The molecular formula is C11H22N2O.